The van der Waals surface area contributed by atoms with E-state index in [0.717, 1.165) is 25.7 Å². The van der Waals surface area contributed by atoms with Crippen molar-refractivity contribution in [3.8, 4) is 11.1 Å². The Morgan fingerprint density at radius 3 is 2.61 bits per heavy atom. The lowest BCUT2D eigenvalue weighted by Gasteiger charge is -2.44. The third kappa shape index (κ3) is 5.10. The Morgan fingerprint density at radius 1 is 1.17 bits per heavy atom. The maximum absolute atomic E-state index is 16.1. The number of imidazole rings is 1. The van der Waals surface area contributed by atoms with E-state index in [1.165, 1.54) is 23.6 Å². The Hall–Kier alpha value is -4.12. The molecular formula is C30H33FN6O4. The molecule has 1 unspecified atom stereocenters. The van der Waals surface area contributed by atoms with E-state index in [2.05, 4.69) is 32.3 Å². The minimum Gasteiger partial charge on any atom is -0.386 e. The highest BCUT2D eigenvalue weighted by molar-refractivity contribution is 6.02. The number of β-amino-alcohol motifs (C(OH)–C–C–N with tert-alkyl or cyclic N) is 1. The quantitative estimate of drug-likeness (QED) is 0.314. The van der Waals surface area contributed by atoms with E-state index in [1.807, 2.05) is 0 Å². The molecule has 0 bridgehead atoms. The highest BCUT2D eigenvalue weighted by atomic mass is 19.1. The molecule has 214 valence electrons. The van der Waals surface area contributed by atoms with Gasteiger partial charge in [0.25, 0.3) is 11.8 Å². The second-order valence-electron chi connectivity index (χ2n) is 11.8. The average molecular weight is 561 g/mol. The number of halogens is 1. The Balaban J connectivity index is 1.35. The number of pyridine rings is 1. The zero-order chi connectivity index (χ0) is 28.9. The number of hydrogen-bond acceptors (Lipinski definition) is 7. The molecule has 2 amide bonds. The SMILES string of the molecule is Cc1nocc1C(=O)NC(c1nc2c(F)c(-c3cnccc3C(=O)N3CC(C)(O)C3)ccc2[nH]1)C1CCC(C)CC1. The van der Waals surface area contributed by atoms with E-state index < -0.39 is 17.5 Å². The number of aromatic amines is 1. The Labute approximate surface area is 236 Å². The van der Waals surface area contributed by atoms with Crippen LogP contribution in [-0.2, 0) is 0 Å². The van der Waals surface area contributed by atoms with Crippen molar-refractivity contribution in [1.29, 1.82) is 0 Å². The van der Waals surface area contributed by atoms with Gasteiger partial charge in [0, 0.05) is 23.5 Å². The van der Waals surface area contributed by atoms with Crippen molar-refractivity contribution in [2.45, 2.75) is 58.1 Å². The van der Waals surface area contributed by atoms with Crippen molar-refractivity contribution >= 4 is 22.8 Å². The molecule has 6 rings (SSSR count). The molecule has 4 heterocycles. The van der Waals surface area contributed by atoms with Gasteiger partial charge in [-0.15, -0.1) is 0 Å². The molecule has 1 saturated heterocycles. The largest absolute Gasteiger partial charge is 0.386 e. The number of amides is 2. The minimum atomic E-state index is -0.923. The average Bonchev–Trinajstić information content (AvgIpc) is 3.57. The van der Waals surface area contributed by atoms with Crippen LogP contribution in [0.2, 0.25) is 0 Å². The summed E-state index contributed by atoms with van der Waals surface area (Å²) in [5.74, 6) is 0.00208. The molecule has 3 aromatic heterocycles. The fourth-order valence-corrected chi connectivity index (χ4v) is 6.06. The minimum absolute atomic E-state index is 0.120. The molecule has 10 nitrogen and oxygen atoms in total. The fraction of sp³-hybridized carbons (Fsp3) is 0.433. The van der Waals surface area contributed by atoms with Gasteiger partial charge in [0.1, 0.15) is 23.2 Å². The number of aryl methyl sites for hydroxylation is 1. The number of carbonyl (C=O) groups excluding carboxylic acids is 2. The number of nitrogens with zero attached hydrogens (tertiary/aromatic N) is 4. The number of H-pyrrole nitrogens is 1. The molecule has 1 saturated carbocycles. The highest BCUT2D eigenvalue weighted by Gasteiger charge is 2.40. The number of rotatable bonds is 6. The lowest BCUT2D eigenvalue weighted by molar-refractivity contribution is -0.0668. The molecule has 41 heavy (non-hydrogen) atoms. The van der Waals surface area contributed by atoms with Gasteiger partial charge in [-0.05, 0) is 56.7 Å². The number of fused-ring (bicyclic) bond motifs is 1. The summed E-state index contributed by atoms with van der Waals surface area (Å²) < 4.78 is 21.1. The molecule has 2 aliphatic rings. The summed E-state index contributed by atoms with van der Waals surface area (Å²) in [6.07, 6.45) is 8.17. The van der Waals surface area contributed by atoms with Crippen molar-refractivity contribution in [1.82, 2.24) is 30.3 Å². The van der Waals surface area contributed by atoms with Crippen molar-refractivity contribution in [3.63, 3.8) is 0 Å². The van der Waals surface area contributed by atoms with Crippen LogP contribution in [0.3, 0.4) is 0 Å². The first-order valence-electron chi connectivity index (χ1n) is 14.0. The van der Waals surface area contributed by atoms with Gasteiger partial charge in [-0.25, -0.2) is 9.37 Å². The zero-order valence-corrected chi connectivity index (χ0v) is 23.3. The van der Waals surface area contributed by atoms with E-state index in [1.54, 1.807) is 32.0 Å². The summed E-state index contributed by atoms with van der Waals surface area (Å²) in [4.78, 5) is 40.0. The zero-order valence-electron chi connectivity index (χ0n) is 23.3. The first kappa shape index (κ1) is 27.1. The molecular weight excluding hydrogens is 527 g/mol. The molecule has 0 spiro atoms. The van der Waals surface area contributed by atoms with Crippen LogP contribution in [0, 0.1) is 24.6 Å². The van der Waals surface area contributed by atoms with Crippen LogP contribution in [0.15, 0.2) is 41.4 Å². The first-order valence-corrected chi connectivity index (χ1v) is 14.0. The molecule has 0 radical (unpaired) electrons. The summed E-state index contributed by atoms with van der Waals surface area (Å²) in [7, 11) is 0. The van der Waals surface area contributed by atoms with Gasteiger partial charge in [0.05, 0.1) is 41.5 Å². The molecule has 11 heteroatoms. The fourth-order valence-electron chi connectivity index (χ4n) is 6.06. The summed E-state index contributed by atoms with van der Waals surface area (Å²) >= 11 is 0. The smallest absolute Gasteiger partial charge is 0.257 e. The van der Waals surface area contributed by atoms with E-state index in [9.17, 15) is 14.7 Å². The second-order valence-corrected chi connectivity index (χ2v) is 11.8. The number of aliphatic hydroxyl groups is 1. The van der Waals surface area contributed by atoms with Gasteiger partial charge in [-0.2, -0.15) is 0 Å². The van der Waals surface area contributed by atoms with Gasteiger partial charge < -0.3 is 24.8 Å². The van der Waals surface area contributed by atoms with Crippen LogP contribution >= 0.6 is 0 Å². The molecule has 4 aromatic rings. The van der Waals surface area contributed by atoms with Crippen molar-refractivity contribution in [3.05, 3.63) is 65.3 Å². The second kappa shape index (κ2) is 10.4. The third-order valence-corrected chi connectivity index (χ3v) is 8.41. The summed E-state index contributed by atoms with van der Waals surface area (Å²) in [6, 6.07) is 4.43. The Morgan fingerprint density at radius 2 is 1.93 bits per heavy atom. The van der Waals surface area contributed by atoms with Crippen LogP contribution in [0.4, 0.5) is 4.39 Å². The predicted molar refractivity (Wildman–Crippen MR) is 148 cm³/mol. The van der Waals surface area contributed by atoms with E-state index in [-0.39, 0.29) is 41.9 Å². The highest BCUT2D eigenvalue weighted by Crippen LogP contribution is 2.38. The van der Waals surface area contributed by atoms with Gasteiger partial charge >= 0.3 is 0 Å². The molecule has 1 aliphatic carbocycles. The van der Waals surface area contributed by atoms with Crippen LogP contribution in [0.5, 0.6) is 0 Å². The Bertz CT molecular complexity index is 1610. The topological polar surface area (TPSA) is 137 Å². The van der Waals surface area contributed by atoms with E-state index in [4.69, 9.17) is 4.52 Å². The Kier molecular flexibility index (Phi) is 6.85. The number of benzene rings is 1. The lowest BCUT2D eigenvalue weighted by atomic mass is 9.79. The standard InChI is InChI=1S/C30H33FN6O4/c1-16-4-6-18(7-5-16)25(35-28(38)22-13-41-36-17(22)2)27-33-23-9-8-19(24(31)26(23)34-27)21-12-32-11-10-20(21)29(39)37-14-30(3,40)15-37/h8-13,16,18,25,40H,4-7,14-15H2,1-3H3,(H,33,34)(H,35,38). The van der Waals surface area contributed by atoms with Crippen LogP contribution in [0.25, 0.3) is 22.2 Å². The number of hydrogen-bond donors (Lipinski definition) is 3. The van der Waals surface area contributed by atoms with Crippen molar-refractivity contribution in [2.24, 2.45) is 11.8 Å². The summed E-state index contributed by atoms with van der Waals surface area (Å²) in [6.45, 7) is 6.02. The molecule has 1 aliphatic heterocycles. The monoisotopic (exact) mass is 560 g/mol. The van der Waals surface area contributed by atoms with Gasteiger partial charge in [0.2, 0.25) is 0 Å². The van der Waals surface area contributed by atoms with Gasteiger partial charge in [-0.1, -0.05) is 24.9 Å². The lowest BCUT2D eigenvalue weighted by Crippen LogP contribution is -2.61. The van der Waals surface area contributed by atoms with Crippen LogP contribution in [-0.4, -0.2) is 60.6 Å². The predicted octanol–water partition coefficient (Wildman–Crippen LogP) is 4.56. The molecule has 3 N–H and O–H groups in total. The van der Waals surface area contributed by atoms with Crippen LogP contribution < -0.4 is 5.32 Å². The maximum atomic E-state index is 16.1. The summed E-state index contributed by atoms with van der Waals surface area (Å²) in [5, 5.41) is 17.0. The van der Waals surface area contributed by atoms with E-state index in [0.29, 0.717) is 39.6 Å². The van der Waals surface area contributed by atoms with Gasteiger partial charge in [-0.3, -0.25) is 14.6 Å². The van der Waals surface area contributed by atoms with Crippen LogP contribution in [0.1, 0.15) is 77.8 Å². The number of aromatic nitrogens is 4. The molecule has 1 atom stereocenters. The third-order valence-electron chi connectivity index (χ3n) is 8.41. The van der Waals surface area contributed by atoms with E-state index >= 15 is 4.39 Å². The maximum Gasteiger partial charge on any atom is 0.257 e. The first-order chi connectivity index (χ1) is 19.6. The molecule has 2 fully saturated rings. The van der Waals surface area contributed by atoms with Gasteiger partial charge in [0.15, 0.2) is 5.82 Å². The van der Waals surface area contributed by atoms with Crippen molar-refractivity contribution in [2.75, 3.05) is 13.1 Å². The normalized spacial score (nSPS) is 21.0. The number of nitrogens with one attached hydrogen (secondary N) is 2. The number of carbonyl (C=O) groups is 2. The van der Waals surface area contributed by atoms with Crippen molar-refractivity contribution < 1.29 is 23.6 Å². The summed E-state index contributed by atoms with van der Waals surface area (Å²) in [5.41, 5.74) is 1.37. The molecule has 1 aromatic carbocycles. The number of likely N-dealkylation sites (tertiary alicyclic amines) is 1.